The first kappa shape index (κ1) is 18.5. The van der Waals surface area contributed by atoms with E-state index < -0.39 is 11.7 Å². The molecule has 0 spiro atoms. The van der Waals surface area contributed by atoms with Crippen LogP contribution >= 0.6 is 11.6 Å². The highest BCUT2D eigenvalue weighted by Crippen LogP contribution is 2.31. The van der Waals surface area contributed by atoms with E-state index in [-0.39, 0.29) is 11.5 Å². The van der Waals surface area contributed by atoms with Crippen LogP contribution in [0.5, 0.6) is 5.75 Å². The molecule has 0 aliphatic heterocycles. The van der Waals surface area contributed by atoms with E-state index in [0.717, 1.165) is 0 Å². The lowest BCUT2D eigenvalue weighted by Crippen LogP contribution is -2.18. The molecule has 0 radical (unpaired) electrons. The van der Waals surface area contributed by atoms with E-state index in [9.17, 15) is 19.9 Å². The predicted octanol–water partition coefficient (Wildman–Crippen LogP) is 3.56. The van der Waals surface area contributed by atoms with Gasteiger partial charge in [0, 0.05) is 27.2 Å². The summed E-state index contributed by atoms with van der Waals surface area (Å²) in [4.78, 5) is 24.6. The van der Waals surface area contributed by atoms with E-state index in [0.29, 0.717) is 32.9 Å². The van der Waals surface area contributed by atoms with Crippen molar-refractivity contribution in [2.45, 2.75) is 6.92 Å². The Morgan fingerprint density at radius 1 is 1.15 bits per heavy atom. The number of carbonyl (C=O) groups excluding carboxylic acids is 1. The molecule has 3 rings (SSSR count). The molecular weight excluding hydrogens is 372 g/mol. The van der Waals surface area contributed by atoms with Gasteiger partial charge in [-0.1, -0.05) is 16.8 Å². The third-order valence-corrected chi connectivity index (χ3v) is 4.50. The minimum Gasteiger partial charge on any atom is -0.497 e. The second kappa shape index (κ2) is 7.13. The quantitative estimate of drug-likeness (QED) is 0.405. The van der Waals surface area contributed by atoms with E-state index >= 15 is 0 Å². The van der Waals surface area contributed by atoms with Crippen LogP contribution in [0.2, 0.25) is 5.02 Å². The molecule has 1 heterocycles. The van der Waals surface area contributed by atoms with Crippen molar-refractivity contribution < 1.29 is 24.6 Å². The standard InChI is InChI=1S/C19H15ClN2O5/c1-10-16(17(21-26)19(24)25)14-9-13(27-2)7-8-15(14)22(10)18(23)11-3-5-12(20)6-4-11/h3-9,26H,1-2H3,(H,24,25). The lowest BCUT2D eigenvalue weighted by atomic mass is 10.1. The number of hydrogen-bond acceptors (Lipinski definition) is 5. The van der Waals surface area contributed by atoms with Gasteiger partial charge in [0.05, 0.1) is 12.6 Å². The fourth-order valence-electron chi connectivity index (χ4n) is 3.01. The van der Waals surface area contributed by atoms with Crippen molar-refractivity contribution in [1.29, 1.82) is 0 Å². The van der Waals surface area contributed by atoms with Crippen LogP contribution in [-0.2, 0) is 4.79 Å². The molecule has 27 heavy (non-hydrogen) atoms. The average molecular weight is 387 g/mol. The topological polar surface area (TPSA) is 101 Å². The zero-order valence-corrected chi connectivity index (χ0v) is 15.2. The molecule has 3 aromatic rings. The van der Waals surface area contributed by atoms with Gasteiger partial charge in [0.25, 0.3) is 5.91 Å². The minimum atomic E-state index is -1.42. The molecule has 0 atom stereocenters. The van der Waals surface area contributed by atoms with Crippen molar-refractivity contribution in [1.82, 2.24) is 4.57 Å². The molecule has 0 amide bonds. The first-order valence-corrected chi connectivity index (χ1v) is 8.22. The number of hydrogen-bond donors (Lipinski definition) is 2. The molecule has 2 aromatic carbocycles. The van der Waals surface area contributed by atoms with Crippen molar-refractivity contribution in [3.63, 3.8) is 0 Å². The smallest absolute Gasteiger partial charge is 0.358 e. The number of carboxylic acids is 1. The Kier molecular flexibility index (Phi) is 4.87. The SMILES string of the molecule is COc1ccc2c(c1)c(C(=NO)C(=O)O)c(C)n2C(=O)c1ccc(Cl)cc1. The van der Waals surface area contributed by atoms with Crippen LogP contribution in [-0.4, -0.2) is 39.6 Å². The number of nitrogens with zero attached hydrogens (tertiary/aromatic N) is 2. The number of carboxylic acid groups (broad SMARTS) is 1. The highest BCUT2D eigenvalue weighted by Gasteiger charge is 2.26. The van der Waals surface area contributed by atoms with Crippen LogP contribution in [0.1, 0.15) is 21.6 Å². The summed E-state index contributed by atoms with van der Waals surface area (Å²) in [5.41, 5.74) is 0.744. The van der Waals surface area contributed by atoms with Gasteiger partial charge in [0.2, 0.25) is 0 Å². The Bertz CT molecular complexity index is 1080. The number of rotatable bonds is 4. The second-order valence-corrected chi connectivity index (χ2v) is 6.18. The lowest BCUT2D eigenvalue weighted by Gasteiger charge is -2.08. The maximum atomic E-state index is 13.1. The van der Waals surface area contributed by atoms with Gasteiger partial charge >= 0.3 is 5.97 Å². The molecule has 8 heteroatoms. The normalized spacial score (nSPS) is 11.6. The zero-order chi connectivity index (χ0) is 19.7. The monoisotopic (exact) mass is 386 g/mol. The van der Waals surface area contributed by atoms with Crippen molar-refractivity contribution in [3.05, 3.63) is 64.3 Å². The number of carbonyl (C=O) groups is 2. The molecule has 0 saturated carbocycles. The Labute approximate surface area is 159 Å². The van der Waals surface area contributed by atoms with E-state index in [4.69, 9.17) is 16.3 Å². The third kappa shape index (κ3) is 3.13. The van der Waals surface area contributed by atoms with Crippen molar-refractivity contribution >= 4 is 40.1 Å². The lowest BCUT2D eigenvalue weighted by molar-refractivity contribution is -0.129. The van der Waals surface area contributed by atoms with E-state index in [2.05, 4.69) is 5.16 Å². The van der Waals surface area contributed by atoms with Gasteiger partial charge in [-0.25, -0.2) is 4.79 Å². The molecule has 0 aliphatic rings. The maximum absolute atomic E-state index is 13.1. The summed E-state index contributed by atoms with van der Waals surface area (Å²) < 4.78 is 6.58. The number of oxime groups is 1. The Balaban J connectivity index is 2.33. The molecule has 0 saturated heterocycles. The van der Waals surface area contributed by atoms with E-state index in [1.54, 1.807) is 49.4 Å². The number of ether oxygens (including phenoxy) is 1. The minimum absolute atomic E-state index is 0.140. The summed E-state index contributed by atoms with van der Waals surface area (Å²) in [6.07, 6.45) is 0. The molecular formula is C19H15ClN2O5. The summed E-state index contributed by atoms with van der Waals surface area (Å²) in [6.45, 7) is 1.59. The third-order valence-electron chi connectivity index (χ3n) is 4.24. The Hall–Kier alpha value is -3.32. The van der Waals surface area contributed by atoms with Crippen LogP contribution in [0.25, 0.3) is 10.9 Å². The second-order valence-electron chi connectivity index (χ2n) is 5.74. The van der Waals surface area contributed by atoms with Crippen LogP contribution in [0.15, 0.2) is 47.6 Å². The largest absolute Gasteiger partial charge is 0.497 e. The first-order valence-electron chi connectivity index (χ1n) is 7.84. The molecule has 0 aliphatic carbocycles. The molecule has 2 N–H and O–H groups in total. The van der Waals surface area contributed by atoms with Crippen LogP contribution in [0.3, 0.4) is 0 Å². The Morgan fingerprint density at radius 3 is 2.37 bits per heavy atom. The zero-order valence-electron chi connectivity index (χ0n) is 14.4. The fraction of sp³-hybridized carbons (Fsp3) is 0.105. The molecule has 1 aromatic heterocycles. The predicted molar refractivity (Wildman–Crippen MR) is 100 cm³/mol. The van der Waals surface area contributed by atoms with Gasteiger partial charge < -0.3 is 15.1 Å². The number of halogens is 1. The highest BCUT2D eigenvalue weighted by atomic mass is 35.5. The summed E-state index contributed by atoms with van der Waals surface area (Å²) in [7, 11) is 1.47. The van der Waals surface area contributed by atoms with Gasteiger partial charge in [-0.05, 0) is 49.4 Å². The number of aliphatic carboxylic acids is 1. The summed E-state index contributed by atoms with van der Waals surface area (Å²) in [5.74, 6) is -1.31. The van der Waals surface area contributed by atoms with Gasteiger partial charge in [0.1, 0.15) is 5.75 Å². The summed E-state index contributed by atoms with van der Waals surface area (Å²) in [6, 6.07) is 11.3. The molecule has 0 fully saturated rings. The molecule has 7 nitrogen and oxygen atoms in total. The van der Waals surface area contributed by atoms with Crippen molar-refractivity contribution in [3.8, 4) is 5.75 Å². The number of methoxy groups -OCH3 is 1. The highest BCUT2D eigenvalue weighted by molar-refractivity contribution is 6.45. The maximum Gasteiger partial charge on any atom is 0.358 e. The number of fused-ring (bicyclic) bond motifs is 1. The molecule has 0 bridgehead atoms. The molecule has 138 valence electrons. The van der Waals surface area contributed by atoms with Gasteiger partial charge in [-0.2, -0.15) is 0 Å². The van der Waals surface area contributed by atoms with Gasteiger partial charge in [-0.3, -0.25) is 9.36 Å². The van der Waals surface area contributed by atoms with Crippen LogP contribution in [0.4, 0.5) is 0 Å². The van der Waals surface area contributed by atoms with Gasteiger partial charge in [0.15, 0.2) is 5.71 Å². The van der Waals surface area contributed by atoms with Gasteiger partial charge in [-0.15, -0.1) is 0 Å². The summed E-state index contributed by atoms with van der Waals surface area (Å²) >= 11 is 5.88. The number of aromatic nitrogens is 1. The van der Waals surface area contributed by atoms with Crippen LogP contribution < -0.4 is 4.74 Å². The van der Waals surface area contributed by atoms with Crippen LogP contribution in [0, 0.1) is 6.92 Å². The van der Waals surface area contributed by atoms with E-state index in [1.165, 1.54) is 11.7 Å². The molecule has 0 unspecified atom stereocenters. The average Bonchev–Trinajstić information content (AvgIpc) is 2.93. The Morgan fingerprint density at radius 2 is 1.81 bits per heavy atom. The number of benzene rings is 2. The first-order chi connectivity index (χ1) is 12.9. The fourth-order valence-corrected chi connectivity index (χ4v) is 3.13. The van der Waals surface area contributed by atoms with E-state index in [1.807, 2.05) is 0 Å². The van der Waals surface area contributed by atoms with Crippen molar-refractivity contribution in [2.24, 2.45) is 5.16 Å². The van der Waals surface area contributed by atoms with Crippen molar-refractivity contribution in [2.75, 3.05) is 7.11 Å². The summed E-state index contributed by atoms with van der Waals surface area (Å²) in [5, 5.41) is 22.5.